The molecular weight excluding hydrogens is 302 g/mol. The van der Waals surface area contributed by atoms with Gasteiger partial charge in [-0.1, -0.05) is 30.3 Å². The van der Waals surface area contributed by atoms with Gasteiger partial charge in [-0.15, -0.1) is 0 Å². The van der Waals surface area contributed by atoms with Crippen LogP contribution < -0.4 is 10.5 Å². The Morgan fingerprint density at radius 2 is 1.92 bits per heavy atom. The molecule has 3 rings (SSSR count). The average molecular weight is 321 g/mol. The Labute approximate surface area is 141 Å². The number of para-hydroxylation sites is 1. The maximum absolute atomic E-state index is 11.8. The number of ether oxygens (including phenoxy) is 1. The largest absolute Gasteiger partial charge is 0.489 e. The first-order valence-electron chi connectivity index (χ1n) is 7.90. The molecule has 0 aliphatic carbocycles. The van der Waals surface area contributed by atoms with Crippen molar-refractivity contribution in [3.63, 3.8) is 0 Å². The van der Waals surface area contributed by atoms with Crippen molar-refractivity contribution in [2.75, 3.05) is 6.54 Å². The van der Waals surface area contributed by atoms with E-state index in [1.54, 1.807) is 12.1 Å². The van der Waals surface area contributed by atoms with Crippen molar-refractivity contribution in [1.29, 1.82) is 5.26 Å². The van der Waals surface area contributed by atoms with Gasteiger partial charge in [-0.2, -0.15) is 5.26 Å². The zero-order chi connectivity index (χ0) is 16.9. The lowest BCUT2D eigenvalue weighted by atomic mass is 10.1. The van der Waals surface area contributed by atoms with Crippen molar-refractivity contribution in [1.82, 2.24) is 4.90 Å². The van der Waals surface area contributed by atoms with Crippen molar-refractivity contribution >= 4 is 5.91 Å². The second kappa shape index (κ2) is 7.16. The Bertz CT molecular complexity index is 737. The third-order valence-corrected chi connectivity index (χ3v) is 4.21. The number of benzene rings is 2. The van der Waals surface area contributed by atoms with Gasteiger partial charge in [0.1, 0.15) is 11.9 Å². The third-order valence-electron chi connectivity index (χ3n) is 4.21. The molecule has 0 spiro atoms. The zero-order valence-electron chi connectivity index (χ0n) is 13.3. The van der Waals surface area contributed by atoms with Crippen LogP contribution in [0.1, 0.15) is 17.5 Å². The van der Waals surface area contributed by atoms with Gasteiger partial charge in [0.2, 0.25) is 5.91 Å². The van der Waals surface area contributed by atoms with Gasteiger partial charge in [0, 0.05) is 19.5 Å². The van der Waals surface area contributed by atoms with Crippen LogP contribution in [0.25, 0.3) is 0 Å². The number of nitrogens with two attached hydrogens (primary N) is 1. The van der Waals surface area contributed by atoms with Crippen LogP contribution in [-0.2, 0) is 11.3 Å². The molecule has 2 aromatic carbocycles. The minimum absolute atomic E-state index is 0.0664. The normalized spacial score (nSPS) is 20.5. The molecule has 1 saturated heterocycles. The molecule has 0 saturated carbocycles. The maximum Gasteiger partial charge on any atom is 0.234 e. The number of carbonyl (C=O) groups is 1. The van der Waals surface area contributed by atoms with Crippen LogP contribution in [0.5, 0.6) is 5.75 Å². The van der Waals surface area contributed by atoms with Crippen molar-refractivity contribution < 1.29 is 9.53 Å². The fourth-order valence-electron chi connectivity index (χ4n) is 3.03. The molecule has 0 aromatic heterocycles. The predicted molar refractivity (Wildman–Crippen MR) is 90.0 cm³/mol. The van der Waals surface area contributed by atoms with E-state index in [-0.39, 0.29) is 18.1 Å². The van der Waals surface area contributed by atoms with E-state index in [1.807, 2.05) is 47.4 Å². The van der Waals surface area contributed by atoms with E-state index < -0.39 is 0 Å². The van der Waals surface area contributed by atoms with Gasteiger partial charge in [-0.05, 0) is 29.8 Å². The average Bonchev–Trinajstić information content (AvgIpc) is 2.99. The SMILES string of the molecule is N#Cc1ccc(CN2CC(Oc3ccccc3)CC2C(N)=O)cc1. The number of primary amides is 1. The van der Waals surface area contributed by atoms with Crippen LogP contribution in [0.15, 0.2) is 54.6 Å². The van der Waals surface area contributed by atoms with Crippen molar-refractivity contribution in [2.45, 2.75) is 25.1 Å². The number of rotatable bonds is 5. The molecule has 0 bridgehead atoms. The monoisotopic (exact) mass is 321 g/mol. The maximum atomic E-state index is 11.8. The Kier molecular flexibility index (Phi) is 4.78. The first-order chi connectivity index (χ1) is 11.7. The summed E-state index contributed by atoms with van der Waals surface area (Å²) < 4.78 is 5.97. The minimum Gasteiger partial charge on any atom is -0.489 e. The van der Waals surface area contributed by atoms with Gasteiger partial charge < -0.3 is 10.5 Å². The van der Waals surface area contributed by atoms with Crippen LogP contribution >= 0.6 is 0 Å². The summed E-state index contributed by atoms with van der Waals surface area (Å²) in [6, 6.07) is 18.7. The third kappa shape index (κ3) is 3.73. The number of hydrogen-bond donors (Lipinski definition) is 1. The summed E-state index contributed by atoms with van der Waals surface area (Å²) in [5, 5.41) is 8.86. The lowest BCUT2D eigenvalue weighted by molar-refractivity contribution is -0.122. The minimum atomic E-state index is -0.339. The van der Waals surface area contributed by atoms with Crippen LogP contribution in [0.2, 0.25) is 0 Å². The molecule has 1 aliphatic rings. The molecule has 5 heteroatoms. The lowest BCUT2D eigenvalue weighted by Gasteiger charge is -2.21. The summed E-state index contributed by atoms with van der Waals surface area (Å²) in [7, 11) is 0. The first-order valence-corrected chi connectivity index (χ1v) is 7.90. The number of amides is 1. The van der Waals surface area contributed by atoms with Crippen LogP contribution in [0, 0.1) is 11.3 Å². The van der Waals surface area contributed by atoms with Gasteiger partial charge in [0.25, 0.3) is 0 Å². The molecule has 0 radical (unpaired) electrons. The van der Waals surface area contributed by atoms with Crippen LogP contribution in [0.3, 0.4) is 0 Å². The van der Waals surface area contributed by atoms with E-state index in [1.165, 1.54) is 0 Å². The fraction of sp³-hybridized carbons (Fsp3) is 0.263. The topological polar surface area (TPSA) is 79.3 Å². The Morgan fingerprint density at radius 1 is 1.21 bits per heavy atom. The van der Waals surface area contributed by atoms with Gasteiger partial charge in [-0.3, -0.25) is 9.69 Å². The van der Waals surface area contributed by atoms with Gasteiger partial charge >= 0.3 is 0 Å². The number of nitrogens with zero attached hydrogens (tertiary/aromatic N) is 2. The molecular formula is C19H19N3O2. The Hall–Kier alpha value is -2.84. The number of nitriles is 1. The zero-order valence-corrected chi connectivity index (χ0v) is 13.3. The van der Waals surface area contributed by atoms with E-state index in [4.69, 9.17) is 15.7 Å². The number of likely N-dealkylation sites (tertiary alicyclic amines) is 1. The summed E-state index contributed by atoms with van der Waals surface area (Å²) >= 11 is 0. The van der Waals surface area contributed by atoms with E-state index in [0.29, 0.717) is 25.1 Å². The number of hydrogen-bond acceptors (Lipinski definition) is 4. The lowest BCUT2D eigenvalue weighted by Crippen LogP contribution is -2.39. The molecule has 5 nitrogen and oxygen atoms in total. The van der Waals surface area contributed by atoms with Crippen molar-refractivity contribution in [2.24, 2.45) is 5.73 Å². The molecule has 1 heterocycles. The Morgan fingerprint density at radius 3 is 2.54 bits per heavy atom. The Balaban J connectivity index is 1.68. The van der Waals surface area contributed by atoms with E-state index >= 15 is 0 Å². The molecule has 1 amide bonds. The van der Waals surface area contributed by atoms with Gasteiger partial charge in [-0.25, -0.2) is 0 Å². The molecule has 2 N–H and O–H groups in total. The first kappa shape index (κ1) is 16.0. The summed E-state index contributed by atoms with van der Waals surface area (Å²) in [6.07, 6.45) is 0.517. The molecule has 2 aromatic rings. The highest BCUT2D eigenvalue weighted by atomic mass is 16.5. The van der Waals surface area contributed by atoms with Crippen molar-refractivity contribution in [3.8, 4) is 11.8 Å². The second-order valence-electron chi connectivity index (χ2n) is 5.94. The molecule has 2 unspecified atom stereocenters. The molecule has 1 aliphatic heterocycles. The van der Waals surface area contributed by atoms with Gasteiger partial charge in [0.15, 0.2) is 0 Å². The second-order valence-corrected chi connectivity index (χ2v) is 5.94. The predicted octanol–water partition coefficient (Wildman–Crippen LogP) is 2.07. The van der Waals surface area contributed by atoms with Gasteiger partial charge in [0.05, 0.1) is 17.7 Å². The van der Waals surface area contributed by atoms with E-state index in [2.05, 4.69) is 6.07 Å². The molecule has 24 heavy (non-hydrogen) atoms. The highest BCUT2D eigenvalue weighted by Gasteiger charge is 2.36. The standard InChI is InChI=1S/C19H19N3O2/c20-11-14-6-8-15(9-7-14)12-22-13-17(10-18(22)19(21)23)24-16-4-2-1-3-5-16/h1-9,17-18H,10,12-13H2,(H2,21,23). The van der Waals surface area contributed by atoms with E-state index in [0.717, 1.165) is 11.3 Å². The molecule has 1 fully saturated rings. The summed E-state index contributed by atoms with van der Waals surface area (Å²) in [5.41, 5.74) is 7.23. The fourth-order valence-corrected chi connectivity index (χ4v) is 3.03. The highest BCUT2D eigenvalue weighted by molar-refractivity contribution is 5.80. The molecule has 2 atom stereocenters. The summed E-state index contributed by atoms with van der Waals surface area (Å²) in [4.78, 5) is 13.8. The highest BCUT2D eigenvalue weighted by Crippen LogP contribution is 2.24. The van der Waals surface area contributed by atoms with Crippen molar-refractivity contribution in [3.05, 3.63) is 65.7 Å². The van der Waals surface area contributed by atoms with Crippen LogP contribution in [0.4, 0.5) is 0 Å². The summed E-state index contributed by atoms with van der Waals surface area (Å²) in [5.74, 6) is 0.466. The molecule has 122 valence electrons. The quantitative estimate of drug-likeness (QED) is 0.914. The smallest absolute Gasteiger partial charge is 0.234 e. The summed E-state index contributed by atoms with van der Waals surface area (Å²) in [6.45, 7) is 1.25. The van der Waals surface area contributed by atoms with E-state index in [9.17, 15) is 4.79 Å². The van der Waals surface area contributed by atoms with Crippen LogP contribution in [-0.4, -0.2) is 29.5 Å². The number of carbonyl (C=O) groups excluding carboxylic acids is 1.